The molecule has 29 heavy (non-hydrogen) atoms. The average molecular weight is 390 g/mol. The highest BCUT2D eigenvalue weighted by Gasteiger charge is 2.60. The van der Waals surface area contributed by atoms with Crippen LogP contribution in [0.5, 0.6) is 0 Å². The summed E-state index contributed by atoms with van der Waals surface area (Å²) in [6.07, 6.45) is 2.76. The number of nitrogens with zero attached hydrogens (tertiary/aromatic N) is 4. The summed E-state index contributed by atoms with van der Waals surface area (Å²) in [5.74, 6) is -0.616. The molecule has 4 amide bonds. The van der Waals surface area contributed by atoms with Crippen LogP contribution in [0.1, 0.15) is 30.4 Å². The quantitative estimate of drug-likeness (QED) is 0.800. The SMILES string of the molecule is O=C1N(Cc2ccccc2)C(=O)N(Cc2ccccc2)C23CCCN2CCCN13. The lowest BCUT2D eigenvalue weighted by atomic mass is 10.0. The Morgan fingerprint density at radius 1 is 0.724 bits per heavy atom. The summed E-state index contributed by atoms with van der Waals surface area (Å²) in [7, 11) is 0. The molecule has 150 valence electrons. The van der Waals surface area contributed by atoms with Crippen LogP contribution in [0.25, 0.3) is 0 Å². The van der Waals surface area contributed by atoms with Crippen LogP contribution in [0.2, 0.25) is 0 Å². The lowest BCUT2D eigenvalue weighted by Gasteiger charge is -2.59. The molecule has 0 aromatic heterocycles. The number of hydrogen-bond donors (Lipinski definition) is 0. The normalized spacial score (nSPS) is 24.6. The first-order valence-corrected chi connectivity index (χ1v) is 10.4. The van der Waals surface area contributed by atoms with E-state index in [9.17, 15) is 9.59 Å². The molecular weight excluding hydrogens is 364 g/mol. The predicted octanol–water partition coefficient (Wildman–Crippen LogP) is 3.70. The van der Waals surface area contributed by atoms with E-state index < -0.39 is 5.79 Å². The Bertz CT molecular complexity index is 904. The Morgan fingerprint density at radius 3 is 2.03 bits per heavy atom. The minimum absolute atomic E-state index is 0.158. The number of imide groups is 1. The number of carbonyl (C=O) groups excluding carboxylic acids is 2. The lowest BCUT2D eigenvalue weighted by molar-refractivity contribution is -0.151. The maximum atomic E-state index is 13.7. The third kappa shape index (κ3) is 2.90. The van der Waals surface area contributed by atoms with Gasteiger partial charge in [-0.1, -0.05) is 60.7 Å². The summed E-state index contributed by atoms with van der Waals surface area (Å²) >= 11 is 0. The Morgan fingerprint density at radius 2 is 1.34 bits per heavy atom. The molecule has 1 unspecified atom stereocenters. The van der Waals surface area contributed by atoms with Gasteiger partial charge < -0.3 is 0 Å². The molecule has 3 aliphatic rings. The number of carbonyl (C=O) groups is 2. The Balaban J connectivity index is 1.54. The molecule has 3 aliphatic heterocycles. The van der Waals surface area contributed by atoms with E-state index in [0.717, 1.165) is 43.5 Å². The molecule has 2 aromatic carbocycles. The second kappa shape index (κ2) is 7.19. The first kappa shape index (κ1) is 18.2. The molecule has 3 fully saturated rings. The maximum absolute atomic E-state index is 13.7. The molecule has 6 nitrogen and oxygen atoms in total. The van der Waals surface area contributed by atoms with E-state index in [0.29, 0.717) is 19.6 Å². The van der Waals surface area contributed by atoms with Crippen LogP contribution in [0.15, 0.2) is 60.7 Å². The van der Waals surface area contributed by atoms with Gasteiger partial charge in [-0.15, -0.1) is 0 Å². The summed E-state index contributed by atoms with van der Waals surface area (Å²) in [6, 6.07) is 19.5. The minimum Gasteiger partial charge on any atom is -0.288 e. The highest BCUT2D eigenvalue weighted by atomic mass is 16.2. The Kier molecular flexibility index (Phi) is 4.51. The zero-order valence-corrected chi connectivity index (χ0v) is 16.5. The van der Waals surface area contributed by atoms with Crippen molar-refractivity contribution in [3.05, 3.63) is 71.8 Å². The molecule has 6 heteroatoms. The van der Waals surface area contributed by atoms with Gasteiger partial charge in [-0.2, -0.15) is 0 Å². The summed E-state index contributed by atoms with van der Waals surface area (Å²) in [5.41, 5.74) is 2.05. The molecule has 3 saturated heterocycles. The van der Waals surface area contributed by atoms with Crippen molar-refractivity contribution < 1.29 is 9.59 Å². The van der Waals surface area contributed by atoms with Crippen molar-refractivity contribution in [2.45, 2.75) is 38.1 Å². The minimum atomic E-state index is -0.616. The first-order valence-electron chi connectivity index (χ1n) is 10.4. The molecule has 5 rings (SSSR count). The van der Waals surface area contributed by atoms with E-state index >= 15 is 0 Å². The summed E-state index contributed by atoms with van der Waals surface area (Å²) in [4.78, 5) is 34.9. The van der Waals surface area contributed by atoms with Crippen molar-refractivity contribution in [1.29, 1.82) is 0 Å². The van der Waals surface area contributed by atoms with Gasteiger partial charge in [0.15, 0.2) is 5.79 Å². The van der Waals surface area contributed by atoms with E-state index in [1.54, 1.807) is 0 Å². The molecule has 2 aromatic rings. The van der Waals surface area contributed by atoms with Gasteiger partial charge in [0, 0.05) is 26.1 Å². The van der Waals surface area contributed by atoms with Crippen molar-refractivity contribution >= 4 is 12.1 Å². The molecule has 1 spiro atoms. The number of hydrogen-bond acceptors (Lipinski definition) is 3. The molecule has 3 heterocycles. The van der Waals surface area contributed by atoms with Crippen LogP contribution in [0.3, 0.4) is 0 Å². The van der Waals surface area contributed by atoms with Gasteiger partial charge in [-0.25, -0.2) is 14.5 Å². The number of rotatable bonds is 4. The van der Waals surface area contributed by atoms with E-state index in [2.05, 4.69) is 4.90 Å². The molecular formula is C23H26N4O2. The highest BCUT2D eigenvalue weighted by molar-refractivity contribution is 5.97. The molecule has 0 bridgehead atoms. The molecule has 0 aliphatic carbocycles. The van der Waals surface area contributed by atoms with Gasteiger partial charge in [0.1, 0.15) is 0 Å². The predicted molar refractivity (Wildman–Crippen MR) is 110 cm³/mol. The van der Waals surface area contributed by atoms with Crippen LogP contribution in [-0.4, -0.2) is 57.1 Å². The largest absolute Gasteiger partial charge is 0.331 e. The first-order chi connectivity index (χ1) is 14.2. The number of urea groups is 2. The summed E-state index contributed by atoms with van der Waals surface area (Å²) in [5, 5.41) is 0. The second-order valence-corrected chi connectivity index (χ2v) is 8.08. The summed E-state index contributed by atoms with van der Waals surface area (Å²) < 4.78 is 0. The maximum Gasteiger partial charge on any atom is 0.331 e. The van der Waals surface area contributed by atoms with Gasteiger partial charge in [-0.05, 0) is 24.0 Å². The number of amides is 4. The smallest absolute Gasteiger partial charge is 0.288 e. The summed E-state index contributed by atoms with van der Waals surface area (Å²) in [6.45, 7) is 3.36. The topological polar surface area (TPSA) is 47.1 Å². The fourth-order valence-corrected chi connectivity index (χ4v) is 5.13. The van der Waals surface area contributed by atoms with Gasteiger partial charge in [-0.3, -0.25) is 14.7 Å². The van der Waals surface area contributed by atoms with E-state index in [1.165, 1.54) is 4.90 Å². The van der Waals surface area contributed by atoms with Gasteiger partial charge >= 0.3 is 12.1 Å². The van der Waals surface area contributed by atoms with Crippen molar-refractivity contribution in [3.63, 3.8) is 0 Å². The number of benzene rings is 2. The van der Waals surface area contributed by atoms with Crippen LogP contribution in [0.4, 0.5) is 9.59 Å². The van der Waals surface area contributed by atoms with Crippen LogP contribution in [0, 0.1) is 0 Å². The third-order valence-corrected chi connectivity index (χ3v) is 6.41. The van der Waals surface area contributed by atoms with Gasteiger partial charge in [0.2, 0.25) is 0 Å². The van der Waals surface area contributed by atoms with Gasteiger partial charge in [0.05, 0.1) is 13.1 Å². The average Bonchev–Trinajstić information content (AvgIpc) is 3.20. The second-order valence-electron chi connectivity index (χ2n) is 8.08. The molecule has 0 N–H and O–H groups in total. The lowest BCUT2D eigenvalue weighted by Crippen LogP contribution is -2.78. The van der Waals surface area contributed by atoms with Crippen molar-refractivity contribution in [2.75, 3.05) is 19.6 Å². The molecule has 0 radical (unpaired) electrons. The highest BCUT2D eigenvalue weighted by Crippen LogP contribution is 2.43. The van der Waals surface area contributed by atoms with Crippen LogP contribution in [-0.2, 0) is 13.1 Å². The van der Waals surface area contributed by atoms with Gasteiger partial charge in [0.25, 0.3) is 0 Å². The standard InChI is InChI=1S/C23H26N4O2/c28-21-25(17-19-9-3-1-4-10-19)22(29)27(18-20-11-5-2-6-12-20)23-13-7-14-24(23)15-8-16-26(21)23/h1-6,9-12H,7-8,13-18H2. The van der Waals surface area contributed by atoms with Crippen molar-refractivity contribution in [2.24, 2.45) is 0 Å². The van der Waals surface area contributed by atoms with Crippen molar-refractivity contribution in [3.8, 4) is 0 Å². The fraction of sp³-hybridized carbons (Fsp3) is 0.391. The molecule has 0 saturated carbocycles. The van der Waals surface area contributed by atoms with E-state index in [1.807, 2.05) is 70.5 Å². The van der Waals surface area contributed by atoms with Crippen molar-refractivity contribution in [1.82, 2.24) is 19.6 Å². The fourth-order valence-electron chi connectivity index (χ4n) is 5.13. The van der Waals surface area contributed by atoms with E-state index in [-0.39, 0.29) is 12.1 Å². The van der Waals surface area contributed by atoms with Crippen LogP contribution < -0.4 is 0 Å². The third-order valence-electron chi connectivity index (χ3n) is 6.41. The van der Waals surface area contributed by atoms with E-state index in [4.69, 9.17) is 0 Å². The molecule has 1 atom stereocenters. The zero-order valence-electron chi connectivity index (χ0n) is 16.5. The Labute approximate surface area is 171 Å². The zero-order chi connectivity index (χ0) is 19.8. The monoisotopic (exact) mass is 390 g/mol. The van der Waals surface area contributed by atoms with Crippen LogP contribution >= 0.6 is 0 Å². The Hall–Kier alpha value is -2.86.